The molecule has 0 fully saturated rings. The van der Waals surface area contributed by atoms with Gasteiger partial charge in [-0.3, -0.25) is 4.79 Å². The molecular weight excluding hydrogens is 258 g/mol. The summed E-state index contributed by atoms with van der Waals surface area (Å²) in [5, 5.41) is 0. The lowest BCUT2D eigenvalue weighted by Gasteiger charge is -2.05. The van der Waals surface area contributed by atoms with Crippen molar-refractivity contribution in [2.24, 2.45) is 0 Å². The van der Waals surface area contributed by atoms with E-state index in [1.807, 2.05) is 32.0 Å². The smallest absolute Gasteiger partial charge is 0.163 e. The molecule has 0 saturated heterocycles. The maximum atomic E-state index is 13.1. The highest BCUT2D eigenvalue weighted by Gasteiger charge is 2.10. The van der Waals surface area contributed by atoms with E-state index >= 15 is 0 Å². The predicted molar refractivity (Wildman–Crippen MR) is 74.9 cm³/mol. The fourth-order valence-corrected chi connectivity index (χ4v) is 2.03. The van der Waals surface area contributed by atoms with Gasteiger partial charge in [0.05, 0.1) is 0 Å². The quantitative estimate of drug-likeness (QED) is 0.755. The lowest BCUT2D eigenvalue weighted by Crippen LogP contribution is -2.03. The Morgan fingerprint density at radius 2 is 1.70 bits per heavy atom. The minimum atomic E-state index is -0.984. The average molecular weight is 274 g/mol. The fourth-order valence-electron chi connectivity index (χ4n) is 2.03. The number of rotatable bonds is 4. The molecule has 0 N–H and O–H groups in total. The molecule has 0 saturated carbocycles. The van der Waals surface area contributed by atoms with Gasteiger partial charge in [0.25, 0.3) is 0 Å². The van der Waals surface area contributed by atoms with Crippen molar-refractivity contribution in [1.29, 1.82) is 0 Å². The van der Waals surface area contributed by atoms with Crippen LogP contribution in [0, 0.1) is 25.5 Å². The van der Waals surface area contributed by atoms with E-state index in [4.69, 9.17) is 0 Å². The third-order valence-electron chi connectivity index (χ3n) is 3.45. The van der Waals surface area contributed by atoms with Gasteiger partial charge in [0.2, 0.25) is 0 Å². The Kier molecular flexibility index (Phi) is 4.28. The van der Waals surface area contributed by atoms with Crippen molar-refractivity contribution >= 4 is 5.78 Å². The number of benzene rings is 2. The van der Waals surface area contributed by atoms with Crippen LogP contribution in [-0.2, 0) is 6.42 Å². The molecule has 1 nitrogen and oxygen atoms in total. The van der Waals surface area contributed by atoms with Gasteiger partial charge in [-0.2, -0.15) is 0 Å². The van der Waals surface area contributed by atoms with Crippen LogP contribution < -0.4 is 0 Å². The lowest BCUT2D eigenvalue weighted by atomic mass is 10.00. The van der Waals surface area contributed by atoms with E-state index in [-0.39, 0.29) is 17.8 Å². The SMILES string of the molecule is Cc1ccc(CCC(=O)c2ccc(F)c(F)c2)cc1C. The van der Waals surface area contributed by atoms with E-state index in [0.29, 0.717) is 6.42 Å². The molecule has 0 aliphatic heterocycles. The second kappa shape index (κ2) is 5.95. The van der Waals surface area contributed by atoms with Gasteiger partial charge in [0, 0.05) is 12.0 Å². The summed E-state index contributed by atoms with van der Waals surface area (Å²) in [7, 11) is 0. The van der Waals surface area contributed by atoms with Gasteiger partial charge in [-0.15, -0.1) is 0 Å². The van der Waals surface area contributed by atoms with Crippen LogP contribution in [0.4, 0.5) is 8.78 Å². The molecule has 0 spiro atoms. The molecule has 0 unspecified atom stereocenters. The fraction of sp³-hybridized carbons (Fsp3) is 0.235. The van der Waals surface area contributed by atoms with Gasteiger partial charge in [-0.05, 0) is 55.2 Å². The van der Waals surface area contributed by atoms with Gasteiger partial charge in [-0.25, -0.2) is 8.78 Å². The number of carbonyl (C=O) groups is 1. The van der Waals surface area contributed by atoms with Crippen LogP contribution in [0.25, 0.3) is 0 Å². The number of ketones is 1. The lowest BCUT2D eigenvalue weighted by molar-refractivity contribution is 0.0982. The highest BCUT2D eigenvalue weighted by molar-refractivity contribution is 5.96. The van der Waals surface area contributed by atoms with Gasteiger partial charge >= 0.3 is 0 Å². The molecular formula is C17H16F2O. The Morgan fingerprint density at radius 1 is 0.950 bits per heavy atom. The van der Waals surface area contributed by atoms with Crippen molar-refractivity contribution in [3.8, 4) is 0 Å². The second-order valence-electron chi connectivity index (χ2n) is 4.97. The summed E-state index contributed by atoms with van der Waals surface area (Å²) >= 11 is 0. The van der Waals surface area contributed by atoms with Gasteiger partial charge < -0.3 is 0 Å². The first-order valence-electron chi connectivity index (χ1n) is 6.52. The van der Waals surface area contributed by atoms with Crippen molar-refractivity contribution in [3.05, 3.63) is 70.3 Å². The normalized spacial score (nSPS) is 10.6. The van der Waals surface area contributed by atoms with E-state index in [2.05, 4.69) is 0 Å². The van der Waals surface area contributed by atoms with Crippen LogP contribution in [0.2, 0.25) is 0 Å². The maximum Gasteiger partial charge on any atom is 0.163 e. The van der Waals surface area contributed by atoms with Crippen molar-refractivity contribution in [2.75, 3.05) is 0 Å². The van der Waals surface area contributed by atoms with E-state index in [1.54, 1.807) is 0 Å². The number of carbonyl (C=O) groups excluding carboxylic acids is 1. The van der Waals surface area contributed by atoms with Crippen molar-refractivity contribution in [3.63, 3.8) is 0 Å². The van der Waals surface area contributed by atoms with Crippen LogP contribution >= 0.6 is 0 Å². The zero-order valence-corrected chi connectivity index (χ0v) is 11.5. The Bertz CT molecular complexity index is 647. The zero-order valence-electron chi connectivity index (χ0n) is 11.5. The largest absolute Gasteiger partial charge is 0.294 e. The summed E-state index contributed by atoms with van der Waals surface area (Å²) in [6.45, 7) is 4.06. The highest BCUT2D eigenvalue weighted by Crippen LogP contribution is 2.15. The molecule has 0 atom stereocenters. The van der Waals surface area contributed by atoms with Crippen molar-refractivity contribution in [2.45, 2.75) is 26.7 Å². The first kappa shape index (κ1) is 14.4. The summed E-state index contributed by atoms with van der Waals surface area (Å²) < 4.78 is 25.9. The van der Waals surface area contributed by atoms with Crippen LogP contribution in [0.3, 0.4) is 0 Å². The molecule has 0 bridgehead atoms. The first-order chi connectivity index (χ1) is 9.47. The van der Waals surface area contributed by atoms with Crippen LogP contribution in [0.15, 0.2) is 36.4 Å². The number of halogens is 2. The summed E-state index contributed by atoms with van der Waals surface area (Å²) in [5.74, 6) is -2.10. The molecule has 0 amide bonds. The van der Waals surface area contributed by atoms with Crippen LogP contribution in [-0.4, -0.2) is 5.78 Å². The Labute approximate surface area is 117 Å². The number of hydrogen-bond acceptors (Lipinski definition) is 1. The maximum absolute atomic E-state index is 13.1. The van der Waals surface area contributed by atoms with Crippen molar-refractivity contribution in [1.82, 2.24) is 0 Å². The third-order valence-corrected chi connectivity index (χ3v) is 3.45. The molecule has 0 radical (unpaired) electrons. The average Bonchev–Trinajstić information content (AvgIpc) is 2.43. The monoisotopic (exact) mass is 274 g/mol. The standard InChI is InChI=1S/C17H16F2O/c1-11-3-4-13(9-12(11)2)5-8-17(20)14-6-7-15(18)16(19)10-14/h3-4,6-7,9-10H,5,8H2,1-2H3. The van der Waals surface area contributed by atoms with E-state index in [1.165, 1.54) is 17.2 Å². The van der Waals surface area contributed by atoms with E-state index in [0.717, 1.165) is 17.7 Å². The second-order valence-corrected chi connectivity index (χ2v) is 4.97. The minimum absolute atomic E-state index is 0.179. The van der Waals surface area contributed by atoms with Gasteiger partial charge in [0.15, 0.2) is 17.4 Å². The molecule has 20 heavy (non-hydrogen) atoms. The molecule has 2 aromatic rings. The topological polar surface area (TPSA) is 17.1 Å². The Balaban J connectivity index is 2.04. The van der Waals surface area contributed by atoms with E-state index < -0.39 is 11.6 Å². The summed E-state index contributed by atoms with van der Waals surface area (Å²) in [6, 6.07) is 9.32. The molecule has 0 heterocycles. The Hall–Kier alpha value is -2.03. The van der Waals surface area contributed by atoms with Crippen LogP contribution in [0.1, 0.15) is 33.5 Å². The Morgan fingerprint density at radius 3 is 2.35 bits per heavy atom. The number of aryl methyl sites for hydroxylation is 3. The minimum Gasteiger partial charge on any atom is -0.294 e. The molecule has 2 rings (SSSR count). The summed E-state index contributed by atoms with van der Waals surface area (Å²) in [5.41, 5.74) is 3.68. The predicted octanol–water partition coefficient (Wildman–Crippen LogP) is 4.40. The zero-order chi connectivity index (χ0) is 14.7. The molecule has 104 valence electrons. The van der Waals surface area contributed by atoms with Gasteiger partial charge in [-0.1, -0.05) is 18.2 Å². The third kappa shape index (κ3) is 3.29. The van der Waals surface area contributed by atoms with Crippen LogP contribution in [0.5, 0.6) is 0 Å². The highest BCUT2D eigenvalue weighted by atomic mass is 19.2. The first-order valence-corrected chi connectivity index (χ1v) is 6.52. The molecule has 2 aromatic carbocycles. The summed E-state index contributed by atoms with van der Waals surface area (Å²) in [6.07, 6.45) is 0.881. The number of hydrogen-bond donors (Lipinski definition) is 0. The van der Waals surface area contributed by atoms with Crippen molar-refractivity contribution < 1.29 is 13.6 Å². The molecule has 0 aliphatic carbocycles. The molecule has 3 heteroatoms. The van der Waals surface area contributed by atoms with Gasteiger partial charge in [0.1, 0.15) is 0 Å². The number of Topliss-reactive ketones (excluding diaryl/α,β-unsaturated/α-hetero) is 1. The molecule has 0 aliphatic rings. The van der Waals surface area contributed by atoms with E-state index in [9.17, 15) is 13.6 Å². The molecule has 0 aromatic heterocycles. The summed E-state index contributed by atoms with van der Waals surface area (Å²) in [4.78, 5) is 11.9.